The molecule has 3 atom stereocenters. The van der Waals surface area contributed by atoms with Crippen LogP contribution in [0, 0.1) is 17.7 Å². The number of ether oxygens (including phenoxy) is 1. The van der Waals surface area contributed by atoms with Gasteiger partial charge < -0.3 is 14.7 Å². The van der Waals surface area contributed by atoms with Crippen LogP contribution in [-0.4, -0.2) is 58.4 Å². The van der Waals surface area contributed by atoms with Crippen LogP contribution in [0.5, 0.6) is 5.75 Å². The van der Waals surface area contributed by atoms with E-state index in [9.17, 15) is 14.3 Å². The molecule has 0 unspecified atom stereocenters. The molecule has 1 N–H and O–H groups in total. The van der Waals surface area contributed by atoms with Gasteiger partial charge in [-0.15, -0.1) is 11.8 Å². The molecule has 3 aromatic rings. The summed E-state index contributed by atoms with van der Waals surface area (Å²) in [7, 11) is 1.57. The zero-order valence-corrected chi connectivity index (χ0v) is 20.4. The maximum Gasteiger partial charge on any atom is 0.308 e. The van der Waals surface area contributed by atoms with Crippen molar-refractivity contribution in [1.82, 2.24) is 14.9 Å². The van der Waals surface area contributed by atoms with Gasteiger partial charge in [-0.25, -0.2) is 13.8 Å². The predicted molar refractivity (Wildman–Crippen MR) is 132 cm³/mol. The van der Waals surface area contributed by atoms with Crippen molar-refractivity contribution in [1.29, 1.82) is 0 Å². The highest BCUT2D eigenvalue weighted by Crippen LogP contribution is 2.35. The number of likely N-dealkylation sites (tertiary alicyclic amines) is 1. The Kier molecular flexibility index (Phi) is 8.51. The van der Waals surface area contributed by atoms with E-state index < -0.39 is 18.1 Å². The fraction of sp³-hybridized carbons (Fsp3) is 0.423. The van der Waals surface area contributed by atoms with E-state index in [2.05, 4.69) is 14.9 Å². The lowest BCUT2D eigenvalue weighted by Crippen LogP contribution is -2.44. The minimum Gasteiger partial charge on any atom is -0.497 e. The zero-order valence-electron chi connectivity index (χ0n) is 19.6. The number of hydrogen-bond donors (Lipinski definition) is 1. The van der Waals surface area contributed by atoms with Gasteiger partial charge in [-0.05, 0) is 73.7 Å². The SMILES string of the molecule is COc1ccc2nccc([C@@H](F)CC[C@@H]3CCN(CCSc4ncccc4F)C[C@@H]3C(=O)O)c2c1. The number of rotatable bonds is 10. The van der Waals surface area contributed by atoms with Crippen LogP contribution >= 0.6 is 11.8 Å². The number of benzene rings is 1. The Labute approximate surface area is 207 Å². The van der Waals surface area contributed by atoms with Gasteiger partial charge >= 0.3 is 5.97 Å². The molecule has 1 aromatic carbocycles. The van der Waals surface area contributed by atoms with Gasteiger partial charge in [0.1, 0.15) is 16.9 Å². The van der Waals surface area contributed by atoms with E-state index in [1.54, 1.807) is 49.8 Å². The van der Waals surface area contributed by atoms with Gasteiger partial charge in [-0.1, -0.05) is 0 Å². The lowest BCUT2D eigenvalue weighted by molar-refractivity contribution is -0.146. The van der Waals surface area contributed by atoms with E-state index in [-0.39, 0.29) is 18.2 Å². The molecule has 186 valence electrons. The third kappa shape index (κ3) is 6.27. The van der Waals surface area contributed by atoms with Crippen LogP contribution < -0.4 is 4.74 Å². The van der Waals surface area contributed by atoms with E-state index in [4.69, 9.17) is 4.74 Å². The van der Waals surface area contributed by atoms with E-state index in [0.717, 1.165) is 6.54 Å². The molecule has 0 aliphatic carbocycles. The van der Waals surface area contributed by atoms with Crippen molar-refractivity contribution < 1.29 is 23.4 Å². The molecule has 1 saturated heterocycles. The van der Waals surface area contributed by atoms with Gasteiger partial charge in [0.15, 0.2) is 5.82 Å². The summed E-state index contributed by atoms with van der Waals surface area (Å²) in [5.41, 5.74) is 1.25. The van der Waals surface area contributed by atoms with Crippen molar-refractivity contribution in [3.63, 3.8) is 0 Å². The van der Waals surface area contributed by atoms with Gasteiger partial charge in [0, 0.05) is 36.6 Å². The number of aromatic nitrogens is 2. The fourth-order valence-corrected chi connectivity index (χ4v) is 5.59. The molecule has 4 rings (SSSR count). The summed E-state index contributed by atoms with van der Waals surface area (Å²) >= 11 is 1.33. The number of nitrogens with zero attached hydrogens (tertiary/aromatic N) is 3. The fourth-order valence-electron chi connectivity index (χ4n) is 4.71. The summed E-state index contributed by atoms with van der Waals surface area (Å²) in [6.07, 6.45) is 3.37. The van der Waals surface area contributed by atoms with Gasteiger partial charge in [0.25, 0.3) is 0 Å². The number of methoxy groups -OCH3 is 1. The molecular formula is C26H29F2N3O3S. The second-order valence-electron chi connectivity index (χ2n) is 8.76. The Morgan fingerprint density at radius 3 is 2.91 bits per heavy atom. The van der Waals surface area contributed by atoms with Crippen molar-refractivity contribution >= 4 is 28.6 Å². The Balaban J connectivity index is 1.34. The Morgan fingerprint density at radius 1 is 1.29 bits per heavy atom. The van der Waals surface area contributed by atoms with Crippen molar-refractivity contribution in [2.75, 3.05) is 32.5 Å². The average Bonchev–Trinajstić information content (AvgIpc) is 2.88. The molecule has 3 heterocycles. The summed E-state index contributed by atoms with van der Waals surface area (Å²) in [6.45, 7) is 1.80. The second-order valence-corrected chi connectivity index (χ2v) is 9.84. The number of alkyl halides is 1. The van der Waals surface area contributed by atoms with Crippen LogP contribution in [0.25, 0.3) is 10.9 Å². The number of carbonyl (C=O) groups is 1. The molecule has 9 heteroatoms. The molecule has 1 aliphatic rings. The Morgan fingerprint density at radius 2 is 2.14 bits per heavy atom. The van der Waals surface area contributed by atoms with Crippen LogP contribution in [0.1, 0.15) is 31.0 Å². The van der Waals surface area contributed by atoms with Crippen LogP contribution in [-0.2, 0) is 4.79 Å². The van der Waals surface area contributed by atoms with Crippen LogP contribution in [0.3, 0.4) is 0 Å². The van der Waals surface area contributed by atoms with Gasteiger partial charge in [0.05, 0.1) is 18.5 Å². The first-order valence-corrected chi connectivity index (χ1v) is 12.7. The first-order chi connectivity index (χ1) is 17.0. The number of aliphatic carboxylic acids is 1. The molecule has 0 bridgehead atoms. The van der Waals surface area contributed by atoms with Gasteiger partial charge in [-0.2, -0.15) is 0 Å². The summed E-state index contributed by atoms with van der Waals surface area (Å²) in [5.74, 6) is -0.581. The second kappa shape index (κ2) is 11.8. The Bertz CT molecular complexity index is 1170. The van der Waals surface area contributed by atoms with Gasteiger partial charge in [0.2, 0.25) is 0 Å². The molecule has 35 heavy (non-hydrogen) atoms. The van der Waals surface area contributed by atoms with Crippen LogP contribution in [0.15, 0.2) is 53.8 Å². The van der Waals surface area contributed by atoms with E-state index >= 15 is 4.39 Å². The van der Waals surface area contributed by atoms with Crippen molar-refractivity contribution in [3.8, 4) is 5.75 Å². The number of carboxylic acids is 1. The molecule has 0 saturated carbocycles. The smallest absolute Gasteiger partial charge is 0.308 e. The van der Waals surface area contributed by atoms with Crippen molar-refractivity contribution in [2.45, 2.75) is 30.5 Å². The highest BCUT2D eigenvalue weighted by molar-refractivity contribution is 7.99. The molecular weight excluding hydrogens is 472 g/mol. The highest BCUT2D eigenvalue weighted by Gasteiger charge is 2.34. The topological polar surface area (TPSA) is 75.5 Å². The summed E-state index contributed by atoms with van der Waals surface area (Å²) in [4.78, 5) is 22.4. The molecule has 1 fully saturated rings. The zero-order chi connectivity index (χ0) is 24.8. The summed E-state index contributed by atoms with van der Waals surface area (Å²) < 4.78 is 34.4. The highest BCUT2D eigenvalue weighted by atomic mass is 32.2. The van der Waals surface area contributed by atoms with Crippen molar-refractivity contribution in [3.05, 3.63) is 60.2 Å². The molecule has 0 spiro atoms. The maximum absolute atomic E-state index is 15.4. The number of thioether (sulfide) groups is 1. The third-order valence-corrected chi connectivity index (χ3v) is 7.60. The molecule has 0 radical (unpaired) electrons. The number of carboxylic acid groups (broad SMARTS) is 1. The minimum atomic E-state index is -1.22. The molecule has 6 nitrogen and oxygen atoms in total. The summed E-state index contributed by atoms with van der Waals surface area (Å²) in [6, 6.07) is 10.0. The largest absolute Gasteiger partial charge is 0.497 e. The van der Waals surface area contributed by atoms with Crippen LogP contribution in [0.2, 0.25) is 0 Å². The first-order valence-electron chi connectivity index (χ1n) is 11.7. The minimum absolute atomic E-state index is 0.0921. The monoisotopic (exact) mass is 501 g/mol. The standard InChI is InChI=1S/C26H29F2N3O3S/c1-34-18-5-7-24-20(15-18)19(8-11-29-24)22(27)6-4-17-9-12-31(16-21(17)26(32)33)13-14-35-25-23(28)3-2-10-30-25/h2-3,5,7-8,10-11,15,17,21-22H,4,6,9,12-14,16H2,1H3,(H,32,33)/t17-,21+,22+/m1/s1. The number of halogens is 2. The van der Waals surface area contributed by atoms with Gasteiger partial charge in [-0.3, -0.25) is 9.78 Å². The number of fused-ring (bicyclic) bond motifs is 1. The average molecular weight is 502 g/mol. The maximum atomic E-state index is 15.4. The normalized spacial score (nSPS) is 19.5. The van der Waals surface area contributed by atoms with E-state index in [1.807, 2.05) is 0 Å². The predicted octanol–water partition coefficient (Wildman–Crippen LogP) is 5.38. The number of hydrogen-bond acceptors (Lipinski definition) is 6. The summed E-state index contributed by atoms with van der Waals surface area (Å²) in [5, 5.41) is 10.9. The number of piperidine rings is 1. The van der Waals surface area contributed by atoms with Crippen LogP contribution in [0.4, 0.5) is 8.78 Å². The molecule has 2 aromatic heterocycles. The Hall–Kier alpha value is -2.78. The lowest BCUT2D eigenvalue weighted by Gasteiger charge is -2.36. The van der Waals surface area contributed by atoms with Crippen molar-refractivity contribution in [2.24, 2.45) is 11.8 Å². The van der Waals surface area contributed by atoms with E-state index in [0.29, 0.717) is 58.9 Å². The third-order valence-electron chi connectivity index (χ3n) is 6.64. The van der Waals surface area contributed by atoms with E-state index in [1.165, 1.54) is 17.8 Å². The number of pyridine rings is 2. The quantitative estimate of drug-likeness (QED) is 0.374. The molecule has 1 aliphatic heterocycles. The molecule has 0 amide bonds. The first kappa shape index (κ1) is 25.3. The lowest BCUT2D eigenvalue weighted by atomic mass is 9.81.